The van der Waals surface area contributed by atoms with Crippen LogP contribution in [-0.4, -0.2) is 47.1 Å². The van der Waals surface area contributed by atoms with Crippen molar-refractivity contribution >= 4 is 16.5 Å². The molecule has 6 nitrogen and oxygen atoms in total. The molecule has 0 bridgehead atoms. The van der Waals surface area contributed by atoms with Crippen molar-refractivity contribution in [1.29, 1.82) is 0 Å². The summed E-state index contributed by atoms with van der Waals surface area (Å²) < 4.78 is 7.36. The minimum atomic E-state index is 0.369. The van der Waals surface area contributed by atoms with E-state index >= 15 is 0 Å². The van der Waals surface area contributed by atoms with Gasteiger partial charge in [-0.15, -0.1) is 11.3 Å². The second-order valence-corrected chi connectivity index (χ2v) is 6.68. The summed E-state index contributed by atoms with van der Waals surface area (Å²) in [6, 6.07) is 2.32. The molecule has 1 saturated heterocycles. The molecule has 0 amide bonds. The van der Waals surface area contributed by atoms with E-state index in [-0.39, 0.29) is 0 Å². The Balaban J connectivity index is 1.54. The minimum Gasteiger partial charge on any atom is -0.378 e. The molecular formula is C15H23N5OS. The lowest BCUT2D eigenvalue weighted by Crippen LogP contribution is -2.36. The van der Waals surface area contributed by atoms with Crippen LogP contribution in [0.25, 0.3) is 0 Å². The number of anilines is 1. The molecule has 1 aliphatic heterocycles. The van der Waals surface area contributed by atoms with Crippen molar-refractivity contribution in [3.8, 4) is 0 Å². The van der Waals surface area contributed by atoms with Gasteiger partial charge in [0.05, 0.1) is 25.5 Å². The number of aryl methyl sites for hydroxylation is 1. The third kappa shape index (κ3) is 3.85. The van der Waals surface area contributed by atoms with Gasteiger partial charge in [-0.3, -0.25) is 4.68 Å². The van der Waals surface area contributed by atoms with Crippen LogP contribution in [0.4, 0.5) is 5.13 Å². The van der Waals surface area contributed by atoms with E-state index in [0.717, 1.165) is 50.2 Å². The zero-order chi connectivity index (χ0) is 15.4. The van der Waals surface area contributed by atoms with E-state index in [1.54, 1.807) is 11.3 Å². The van der Waals surface area contributed by atoms with Crippen LogP contribution in [0.15, 0.2) is 18.5 Å². The van der Waals surface area contributed by atoms with Crippen LogP contribution < -0.4 is 10.2 Å². The molecule has 2 aromatic heterocycles. The molecule has 1 atom stereocenters. The minimum absolute atomic E-state index is 0.369. The number of morpholine rings is 1. The summed E-state index contributed by atoms with van der Waals surface area (Å²) in [6.07, 6.45) is 3.81. The van der Waals surface area contributed by atoms with Crippen LogP contribution >= 0.6 is 11.3 Å². The number of nitrogens with one attached hydrogen (secondary N) is 1. The maximum atomic E-state index is 5.40. The zero-order valence-corrected chi connectivity index (χ0v) is 14.0. The van der Waals surface area contributed by atoms with Gasteiger partial charge in [0.15, 0.2) is 5.13 Å². The maximum Gasteiger partial charge on any atom is 0.185 e. The number of aromatic nitrogens is 3. The van der Waals surface area contributed by atoms with Crippen molar-refractivity contribution in [2.75, 3.05) is 31.2 Å². The molecule has 3 heterocycles. The third-order valence-corrected chi connectivity index (χ3v) is 5.01. The summed E-state index contributed by atoms with van der Waals surface area (Å²) in [6.45, 7) is 9.49. The van der Waals surface area contributed by atoms with E-state index in [0.29, 0.717) is 6.04 Å². The fourth-order valence-corrected chi connectivity index (χ4v) is 3.55. The molecule has 3 rings (SSSR count). The molecule has 0 aromatic carbocycles. The Bertz CT molecular complexity index is 577. The lowest BCUT2D eigenvalue weighted by molar-refractivity contribution is 0.122. The lowest BCUT2D eigenvalue weighted by atomic mass is 10.3. The van der Waals surface area contributed by atoms with Crippen LogP contribution in [0.3, 0.4) is 0 Å². The molecular weight excluding hydrogens is 298 g/mol. The number of hydrogen-bond acceptors (Lipinski definition) is 6. The van der Waals surface area contributed by atoms with Gasteiger partial charge in [0.2, 0.25) is 0 Å². The van der Waals surface area contributed by atoms with Crippen LogP contribution in [0.1, 0.15) is 17.5 Å². The summed E-state index contributed by atoms with van der Waals surface area (Å²) in [7, 11) is 0. The largest absolute Gasteiger partial charge is 0.378 e. The first-order chi connectivity index (χ1) is 10.7. The van der Waals surface area contributed by atoms with Crippen LogP contribution in [-0.2, 0) is 17.8 Å². The van der Waals surface area contributed by atoms with Gasteiger partial charge in [0, 0.05) is 42.9 Å². The van der Waals surface area contributed by atoms with Crippen LogP contribution in [0.5, 0.6) is 0 Å². The van der Waals surface area contributed by atoms with Gasteiger partial charge in [0.1, 0.15) is 0 Å². The highest BCUT2D eigenvalue weighted by atomic mass is 32.1. The van der Waals surface area contributed by atoms with Gasteiger partial charge in [0.25, 0.3) is 0 Å². The first-order valence-corrected chi connectivity index (χ1v) is 8.54. The Kier molecular flexibility index (Phi) is 5.07. The number of hydrogen-bond donors (Lipinski definition) is 1. The Hall–Kier alpha value is -1.44. The first kappa shape index (κ1) is 15.5. The second kappa shape index (κ2) is 7.21. The summed E-state index contributed by atoms with van der Waals surface area (Å²) in [4.78, 5) is 8.35. The van der Waals surface area contributed by atoms with Gasteiger partial charge >= 0.3 is 0 Å². The molecule has 1 N–H and O–H groups in total. The molecule has 2 aromatic rings. The van der Waals surface area contributed by atoms with E-state index in [2.05, 4.69) is 29.2 Å². The highest BCUT2D eigenvalue weighted by molar-refractivity contribution is 7.15. The van der Waals surface area contributed by atoms with Crippen molar-refractivity contribution < 1.29 is 4.74 Å². The van der Waals surface area contributed by atoms with Gasteiger partial charge in [-0.2, -0.15) is 5.10 Å². The SMILES string of the molecule is Cc1nc(N2CCOCC2)sc1CNC(C)Cn1cccn1. The summed E-state index contributed by atoms with van der Waals surface area (Å²) >= 11 is 1.79. The Morgan fingerprint density at radius 3 is 2.95 bits per heavy atom. The number of rotatable bonds is 6. The van der Waals surface area contributed by atoms with E-state index < -0.39 is 0 Å². The van der Waals surface area contributed by atoms with Crippen molar-refractivity contribution in [3.05, 3.63) is 29.0 Å². The molecule has 0 aliphatic carbocycles. The smallest absolute Gasteiger partial charge is 0.185 e. The van der Waals surface area contributed by atoms with Gasteiger partial charge in [-0.05, 0) is 19.9 Å². The highest BCUT2D eigenvalue weighted by Crippen LogP contribution is 2.26. The van der Waals surface area contributed by atoms with Crippen molar-refractivity contribution in [3.63, 3.8) is 0 Å². The Labute approximate surface area is 135 Å². The fraction of sp³-hybridized carbons (Fsp3) is 0.600. The number of ether oxygens (including phenoxy) is 1. The first-order valence-electron chi connectivity index (χ1n) is 7.72. The van der Waals surface area contributed by atoms with Gasteiger partial charge < -0.3 is 15.0 Å². The summed E-state index contributed by atoms with van der Waals surface area (Å²) in [5.41, 5.74) is 1.13. The second-order valence-electron chi connectivity index (χ2n) is 5.61. The molecule has 1 unspecified atom stereocenters. The van der Waals surface area contributed by atoms with Gasteiger partial charge in [-0.1, -0.05) is 0 Å². The maximum absolute atomic E-state index is 5.40. The molecule has 120 valence electrons. The predicted octanol–water partition coefficient (Wildman–Crippen LogP) is 1.66. The van der Waals surface area contributed by atoms with E-state index in [1.165, 1.54) is 4.88 Å². The molecule has 0 spiro atoms. The topological polar surface area (TPSA) is 55.2 Å². The molecule has 7 heteroatoms. The molecule has 1 fully saturated rings. The molecule has 22 heavy (non-hydrogen) atoms. The Morgan fingerprint density at radius 2 is 2.23 bits per heavy atom. The third-order valence-electron chi connectivity index (χ3n) is 3.79. The van der Waals surface area contributed by atoms with Crippen molar-refractivity contribution in [1.82, 2.24) is 20.1 Å². The van der Waals surface area contributed by atoms with E-state index in [1.807, 2.05) is 23.1 Å². The van der Waals surface area contributed by atoms with Crippen LogP contribution in [0.2, 0.25) is 0 Å². The highest BCUT2D eigenvalue weighted by Gasteiger charge is 2.17. The average Bonchev–Trinajstić information content (AvgIpc) is 3.16. The predicted molar refractivity (Wildman–Crippen MR) is 88.4 cm³/mol. The number of thiazole rings is 1. The lowest BCUT2D eigenvalue weighted by Gasteiger charge is -2.26. The van der Waals surface area contributed by atoms with Crippen molar-refractivity contribution in [2.24, 2.45) is 0 Å². The quantitative estimate of drug-likeness (QED) is 0.877. The van der Waals surface area contributed by atoms with Crippen LogP contribution in [0, 0.1) is 6.92 Å². The molecule has 1 aliphatic rings. The standard InChI is InChI=1S/C15H23N5OS/c1-12(11-20-5-3-4-17-20)16-10-14-13(2)18-15(22-14)19-6-8-21-9-7-19/h3-5,12,16H,6-11H2,1-2H3. The van der Waals surface area contributed by atoms with E-state index in [4.69, 9.17) is 9.72 Å². The molecule has 0 radical (unpaired) electrons. The number of nitrogens with zero attached hydrogens (tertiary/aromatic N) is 4. The zero-order valence-electron chi connectivity index (χ0n) is 13.2. The van der Waals surface area contributed by atoms with Gasteiger partial charge in [-0.25, -0.2) is 4.98 Å². The fourth-order valence-electron chi connectivity index (χ4n) is 2.49. The average molecular weight is 321 g/mol. The van der Waals surface area contributed by atoms with E-state index in [9.17, 15) is 0 Å². The normalized spacial score (nSPS) is 16.9. The Morgan fingerprint density at radius 1 is 1.41 bits per heavy atom. The van der Waals surface area contributed by atoms with Crippen molar-refractivity contribution in [2.45, 2.75) is 33.0 Å². The molecule has 0 saturated carbocycles. The monoisotopic (exact) mass is 321 g/mol. The summed E-state index contributed by atoms with van der Waals surface area (Å²) in [5, 5.41) is 8.93. The summed E-state index contributed by atoms with van der Waals surface area (Å²) in [5.74, 6) is 0.